The quantitative estimate of drug-likeness (QED) is 0.847. The Labute approximate surface area is 103 Å². The summed E-state index contributed by atoms with van der Waals surface area (Å²) in [6, 6.07) is 5.74. The molecule has 0 amide bonds. The van der Waals surface area contributed by atoms with Crippen molar-refractivity contribution in [3.05, 3.63) is 22.4 Å². The van der Waals surface area contributed by atoms with E-state index in [0.29, 0.717) is 6.04 Å². The average Bonchev–Trinajstić information content (AvgIpc) is 2.90. The van der Waals surface area contributed by atoms with Crippen LogP contribution in [-0.2, 0) is 6.42 Å². The predicted octanol–water partition coefficient (Wildman–Crippen LogP) is 2.36. The Kier molecular flexibility index (Phi) is 4.38. The summed E-state index contributed by atoms with van der Waals surface area (Å²) < 4.78 is 0. The van der Waals surface area contributed by atoms with E-state index in [9.17, 15) is 0 Å². The molecular formula is C13H22N2S. The molecule has 2 nitrogen and oxygen atoms in total. The molecule has 0 aromatic carbocycles. The number of nitrogens with one attached hydrogen (secondary N) is 1. The third kappa shape index (κ3) is 3.30. The number of rotatable bonds is 5. The lowest BCUT2D eigenvalue weighted by molar-refractivity contribution is 0.235. The summed E-state index contributed by atoms with van der Waals surface area (Å²) in [5.41, 5.74) is 0. The molecule has 1 N–H and O–H groups in total. The van der Waals surface area contributed by atoms with Crippen LogP contribution in [0.5, 0.6) is 0 Å². The fourth-order valence-corrected chi connectivity index (χ4v) is 3.14. The van der Waals surface area contributed by atoms with E-state index in [1.165, 1.54) is 37.2 Å². The van der Waals surface area contributed by atoms with Crippen molar-refractivity contribution in [2.45, 2.75) is 38.3 Å². The second-order valence-corrected chi connectivity index (χ2v) is 5.90. The van der Waals surface area contributed by atoms with Gasteiger partial charge in [-0.05, 0) is 51.2 Å². The third-order valence-corrected chi connectivity index (χ3v) is 4.40. The summed E-state index contributed by atoms with van der Waals surface area (Å²) in [5, 5.41) is 5.73. The standard InChI is InChI=1S/C13H22N2S/c1-11(9-13-6-4-8-16-13)15(2)10-12-5-3-7-14-12/h4,6,8,11-12,14H,3,5,7,9-10H2,1-2H3/t11?,12-/m0/s1. The molecule has 1 aliphatic heterocycles. The zero-order valence-corrected chi connectivity index (χ0v) is 11.1. The van der Waals surface area contributed by atoms with E-state index in [2.05, 4.69) is 41.7 Å². The Morgan fingerprint density at radius 2 is 2.50 bits per heavy atom. The summed E-state index contributed by atoms with van der Waals surface area (Å²) in [4.78, 5) is 3.99. The van der Waals surface area contributed by atoms with Crippen LogP contribution in [0.15, 0.2) is 17.5 Å². The molecule has 90 valence electrons. The van der Waals surface area contributed by atoms with Crippen LogP contribution in [0.25, 0.3) is 0 Å². The molecule has 2 atom stereocenters. The molecule has 0 radical (unpaired) electrons. The average molecular weight is 238 g/mol. The monoisotopic (exact) mass is 238 g/mol. The van der Waals surface area contributed by atoms with E-state index in [1.807, 2.05) is 11.3 Å². The van der Waals surface area contributed by atoms with Gasteiger partial charge in [0.15, 0.2) is 0 Å². The van der Waals surface area contributed by atoms with Crippen molar-refractivity contribution < 1.29 is 0 Å². The smallest absolute Gasteiger partial charge is 0.0195 e. The molecule has 1 unspecified atom stereocenters. The minimum Gasteiger partial charge on any atom is -0.313 e. The molecule has 2 rings (SSSR count). The van der Waals surface area contributed by atoms with Crippen molar-refractivity contribution in [2.24, 2.45) is 0 Å². The molecule has 16 heavy (non-hydrogen) atoms. The SMILES string of the molecule is CC(Cc1cccs1)N(C)C[C@@H]1CCCN1. The molecule has 1 fully saturated rings. The summed E-state index contributed by atoms with van der Waals surface area (Å²) in [6.45, 7) is 4.72. The highest BCUT2D eigenvalue weighted by molar-refractivity contribution is 7.09. The van der Waals surface area contributed by atoms with Gasteiger partial charge in [0.2, 0.25) is 0 Å². The van der Waals surface area contributed by atoms with Gasteiger partial charge in [-0.3, -0.25) is 0 Å². The minimum atomic E-state index is 0.640. The van der Waals surface area contributed by atoms with Gasteiger partial charge in [0.25, 0.3) is 0 Å². The Morgan fingerprint density at radius 1 is 1.62 bits per heavy atom. The topological polar surface area (TPSA) is 15.3 Å². The highest BCUT2D eigenvalue weighted by Crippen LogP contribution is 2.14. The van der Waals surface area contributed by atoms with E-state index in [1.54, 1.807) is 0 Å². The van der Waals surface area contributed by atoms with Gasteiger partial charge in [-0.1, -0.05) is 6.07 Å². The molecule has 1 aromatic rings. The van der Waals surface area contributed by atoms with Crippen molar-refractivity contribution in [1.82, 2.24) is 10.2 Å². The van der Waals surface area contributed by atoms with Crippen LogP contribution in [-0.4, -0.2) is 37.1 Å². The van der Waals surface area contributed by atoms with Gasteiger partial charge in [0, 0.05) is 23.5 Å². The lowest BCUT2D eigenvalue weighted by Crippen LogP contribution is -2.40. The normalized spacial score (nSPS) is 22.8. The highest BCUT2D eigenvalue weighted by Gasteiger charge is 2.18. The first-order valence-corrected chi connectivity index (χ1v) is 7.09. The first-order chi connectivity index (χ1) is 7.75. The largest absolute Gasteiger partial charge is 0.313 e. The van der Waals surface area contributed by atoms with Crippen LogP contribution < -0.4 is 5.32 Å². The minimum absolute atomic E-state index is 0.640. The molecule has 3 heteroatoms. The first kappa shape index (κ1) is 12.1. The molecule has 1 aliphatic rings. The number of hydrogen-bond donors (Lipinski definition) is 1. The summed E-state index contributed by atoms with van der Waals surface area (Å²) in [6.07, 6.45) is 3.87. The number of likely N-dealkylation sites (N-methyl/N-ethyl adjacent to an activating group) is 1. The first-order valence-electron chi connectivity index (χ1n) is 6.21. The number of thiophene rings is 1. The zero-order valence-electron chi connectivity index (χ0n) is 10.3. The van der Waals surface area contributed by atoms with Gasteiger partial charge >= 0.3 is 0 Å². The molecule has 0 saturated carbocycles. The van der Waals surface area contributed by atoms with Crippen molar-refractivity contribution in [3.63, 3.8) is 0 Å². The second-order valence-electron chi connectivity index (χ2n) is 4.87. The van der Waals surface area contributed by atoms with Gasteiger partial charge in [-0.15, -0.1) is 11.3 Å². The number of hydrogen-bond acceptors (Lipinski definition) is 3. The van der Waals surface area contributed by atoms with E-state index >= 15 is 0 Å². The van der Waals surface area contributed by atoms with Crippen LogP contribution in [0.3, 0.4) is 0 Å². The summed E-state index contributed by atoms with van der Waals surface area (Å²) in [7, 11) is 2.25. The Bertz CT molecular complexity index is 291. The summed E-state index contributed by atoms with van der Waals surface area (Å²) in [5.74, 6) is 0. The van der Waals surface area contributed by atoms with Crippen LogP contribution >= 0.6 is 11.3 Å². The molecule has 1 saturated heterocycles. The van der Waals surface area contributed by atoms with E-state index in [4.69, 9.17) is 0 Å². The van der Waals surface area contributed by atoms with E-state index in [0.717, 1.165) is 6.04 Å². The van der Waals surface area contributed by atoms with Gasteiger partial charge in [-0.2, -0.15) is 0 Å². The lowest BCUT2D eigenvalue weighted by Gasteiger charge is -2.27. The molecule has 0 aliphatic carbocycles. The van der Waals surface area contributed by atoms with Crippen LogP contribution in [0.1, 0.15) is 24.6 Å². The van der Waals surface area contributed by atoms with Crippen LogP contribution in [0.4, 0.5) is 0 Å². The van der Waals surface area contributed by atoms with Gasteiger partial charge in [-0.25, -0.2) is 0 Å². The Balaban J connectivity index is 1.77. The molecule has 2 heterocycles. The Hall–Kier alpha value is -0.380. The maximum Gasteiger partial charge on any atom is 0.0195 e. The van der Waals surface area contributed by atoms with Crippen LogP contribution in [0.2, 0.25) is 0 Å². The maximum absolute atomic E-state index is 3.56. The second kappa shape index (κ2) is 5.80. The predicted molar refractivity (Wildman–Crippen MR) is 71.1 cm³/mol. The maximum atomic E-state index is 3.56. The Morgan fingerprint density at radius 3 is 3.12 bits per heavy atom. The van der Waals surface area contributed by atoms with Gasteiger partial charge in [0.1, 0.15) is 0 Å². The van der Waals surface area contributed by atoms with E-state index < -0.39 is 0 Å². The highest BCUT2D eigenvalue weighted by atomic mass is 32.1. The van der Waals surface area contributed by atoms with E-state index in [-0.39, 0.29) is 0 Å². The van der Waals surface area contributed by atoms with Crippen molar-refractivity contribution in [2.75, 3.05) is 20.1 Å². The van der Waals surface area contributed by atoms with Gasteiger partial charge in [0.05, 0.1) is 0 Å². The van der Waals surface area contributed by atoms with Crippen molar-refractivity contribution in [3.8, 4) is 0 Å². The van der Waals surface area contributed by atoms with Crippen molar-refractivity contribution in [1.29, 1.82) is 0 Å². The molecule has 1 aromatic heterocycles. The fraction of sp³-hybridized carbons (Fsp3) is 0.692. The van der Waals surface area contributed by atoms with Crippen LogP contribution in [0, 0.1) is 0 Å². The summed E-state index contributed by atoms with van der Waals surface area (Å²) >= 11 is 1.87. The number of nitrogens with zero attached hydrogens (tertiary/aromatic N) is 1. The fourth-order valence-electron chi connectivity index (χ4n) is 2.32. The molecular weight excluding hydrogens is 216 g/mol. The molecule has 0 spiro atoms. The zero-order chi connectivity index (χ0) is 11.4. The molecule has 0 bridgehead atoms. The van der Waals surface area contributed by atoms with Gasteiger partial charge < -0.3 is 10.2 Å². The lowest BCUT2D eigenvalue weighted by atomic mass is 10.1. The third-order valence-electron chi connectivity index (χ3n) is 3.50. The van der Waals surface area contributed by atoms with Crippen molar-refractivity contribution >= 4 is 11.3 Å².